The maximum Gasteiger partial charge on any atom is 0.324 e. The van der Waals surface area contributed by atoms with E-state index in [0.717, 1.165) is 0 Å². The van der Waals surface area contributed by atoms with Crippen LogP contribution < -0.4 is 5.69 Å². The summed E-state index contributed by atoms with van der Waals surface area (Å²) < 4.78 is 0. The first-order valence-electron chi connectivity index (χ1n) is 2.78. The largest absolute Gasteiger partial charge is 0.481 e. The molecule has 1 aromatic rings. The van der Waals surface area contributed by atoms with Gasteiger partial charge in [-0.1, -0.05) is 11.6 Å². The molecule has 60 valence electrons. The first kappa shape index (κ1) is 7.87. The van der Waals surface area contributed by atoms with Crippen LogP contribution in [0.4, 0.5) is 0 Å². The summed E-state index contributed by atoms with van der Waals surface area (Å²) in [6.07, 6.45) is -0.280. The van der Waals surface area contributed by atoms with Crippen LogP contribution in [-0.4, -0.2) is 21.0 Å². The molecule has 0 aliphatic carbocycles. The number of halogens is 1. The highest BCUT2D eigenvalue weighted by Gasteiger charge is 2.07. The third-order valence-corrected chi connectivity index (χ3v) is 1.40. The van der Waals surface area contributed by atoms with E-state index in [2.05, 4.69) is 9.97 Å². The predicted octanol–water partition coefficient (Wildman–Crippen LogP) is -0.0165. The summed E-state index contributed by atoms with van der Waals surface area (Å²) in [5.74, 6) is -1.04. The zero-order valence-electron chi connectivity index (χ0n) is 5.35. The van der Waals surface area contributed by atoms with Crippen LogP contribution >= 0.6 is 11.6 Å². The molecular weight excluding hydrogens is 172 g/mol. The van der Waals surface area contributed by atoms with Gasteiger partial charge in [-0.15, -0.1) is 0 Å². The Hall–Kier alpha value is -1.23. The van der Waals surface area contributed by atoms with Crippen molar-refractivity contribution in [1.29, 1.82) is 0 Å². The third kappa shape index (κ3) is 1.84. The van der Waals surface area contributed by atoms with E-state index in [1.807, 2.05) is 0 Å². The van der Waals surface area contributed by atoms with E-state index in [1.165, 1.54) is 0 Å². The van der Waals surface area contributed by atoms with Crippen molar-refractivity contribution in [3.63, 3.8) is 0 Å². The predicted molar refractivity (Wildman–Crippen MR) is 37.8 cm³/mol. The van der Waals surface area contributed by atoms with Gasteiger partial charge in [0.05, 0.1) is 12.1 Å². The first-order valence-corrected chi connectivity index (χ1v) is 3.16. The average Bonchev–Trinajstić information content (AvgIpc) is 2.09. The van der Waals surface area contributed by atoms with Crippen LogP contribution in [0.5, 0.6) is 0 Å². The van der Waals surface area contributed by atoms with E-state index in [4.69, 9.17) is 16.7 Å². The molecule has 0 radical (unpaired) electrons. The van der Waals surface area contributed by atoms with E-state index < -0.39 is 11.7 Å². The van der Waals surface area contributed by atoms with Crippen LogP contribution in [0.3, 0.4) is 0 Å². The Morgan fingerprint density at radius 1 is 1.55 bits per heavy atom. The molecule has 5 nitrogen and oxygen atoms in total. The van der Waals surface area contributed by atoms with Gasteiger partial charge in [-0.3, -0.25) is 9.78 Å². The quantitative estimate of drug-likeness (QED) is 0.592. The van der Waals surface area contributed by atoms with Crippen LogP contribution in [0, 0.1) is 0 Å². The van der Waals surface area contributed by atoms with E-state index in [-0.39, 0.29) is 17.3 Å². The van der Waals surface area contributed by atoms with Gasteiger partial charge in [0.15, 0.2) is 0 Å². The molecule has 0 aliphatic heterocycles. The third-order valence-electron chi connectivity index (χ3n) is 1.08. The molecule has 0 bridgehead atoms. The number of hydrogen-bond acceptors (Lipinski definition) is 2. The molecule has 11 heavy (non-hydrogen) atoms. The molecule has 0 aliphatic rings. The lowest BCUT2D eigenvalue weighted by atomic mass is 10.3. The zero-order chi connectivity index (χ0) is 8.43. The highest BCUT2D eigenvalue weighted by molar-refractivity contribution is 6.30. The Morgan fingerprint density at radius 2 is 2.18 bits per heavy atom. The number of rotatable bonds is 2. The van der Waals surface area contributed by atoms with Gasteiger partial charge in [-0.05, 0) is 0 Å². The smallest absolute Gasteiger partial charge is 0.324 e. The molecule has 0 saturated carbocycles. The van der Waals surface area contributed by atoms with Crippen LogP contribution in [0.2, 0.25) is 5.15 Å². The lowest BCUT2D eigenvalue weighted by Gasteiger charge is -1.89. The minimum atomic E-state index is -1.04. The molecule has 0 spiro atoms. The van der Waals surface area contributed by atoms with Gasteiger partial charge in [0, 0.05) is 0 Å². The second-order valence-corrected chi connectivity index (χ2v) is 2.32. The van der Waals surface area contributed by atoms with Crippen molar-refractivity contribution >= 4 is 17.6 Å². The van der Waals surface area contributed by atoms with Gasteiger partial charge in [0.2, 0.25) is 0 Å². The van der Waals surface area contributed by atoms with Crippen LogP contribution in [-0.2, 0) is 11.2 Å². The monoisotopic (exact) mass is 176 g/mol. The van der Waals surface area contributed by atoms with Crippen LogP contribution in [0.25, 0.3) is 0 Å². The summed E-state index contributed by atoms with van der Waals surface area (Å²) in [5, 5.41) is 8.36. The molecule has 0 atom stereocenters. The number of carboxylic acid groups (broad SMARTS) is 1. The Morgan fingerprint density at radius 3 is 2.55 bits per heavy atom. The van der Waals surface area contributed by atoms with Crippen molar-refractivity contribution in [2.24, 2.45) is 0 Å². The Labute approximate surface area is 66.0 Å². The Bertz CT molecular complexity index is 327. The minimum absolute atomic E-state index is 0.0531. The molecule has 1 heterocycles. The summed E-state index contributed by atoms with van der Waals surface area (Å²) in [6.45, 7) is 0. The standard InChI is InChI=1S/C5H5ClN2O3/c6-4-2(1-3(9)10)7-5(11)8-4/h1H2,(H,9,10)(H2,7,8,11). The van der Waals surface area contributed by atoms with Gasteiger partial charge in [-0.2, -0.15) is 0 Å². The number of aromatic amines is 2. The average molecular weight is 177 g/mol. The number of imidazole rings is 1. The number of hydrogen-bond donors (Lipinski definition) is 3. The van der Waals surface area contributed by atoms with Crippen LogP contribution in [0.15, 0.2) is 4.79 Å². The lowest BCUT2D eigenvalue weighted by molar-refractivity contribution is -0.136. The topological polar surface area (TPSA) is 85.9 Å². The maximum absolute atomic E-state index is 10.5. The van der Waals surface area contributed by atoms with Crippen molar-refractivity contribution in [3.05, 3.63) is 21.3 Å². The number of nitrogens with one attached hydrogen (secondary N) is 2. The minimum Gasteiger partial charge on any atom is -0.481 e. The molecule has 0 unspecified atom stereocenters. The van der Waals surface area contributed by atoms with Crippen LogP contribution in [0.1, 0.15) is 5.69 Å². The van der Waals surface area contributed by atoms with Crippen molar-refractivity contribution in [3.8, 4) is 0 Å². The summed E-state index contributed by atoms with van der Waals surface area (Å²) in [4.78, 5) is 25.1. The number of carbonyl (C=O) groups is 1. The SMILES string of the molecule is O=C(O)Cc1[nH]c(=O)[nH]c1Cl. The molecule has 0 amide bonds. The zero-order valence-corrected chi connectivity index (χ0v) is 6.10. The van der Waals surface area contributed by atoms with Gasteiger partial charge in [0.25, 0.3) is 0 Å². The van der Waals surface area contributed by atoms with Gasteiger partial charge in [0.1, 0.15) is 5.15 Å². The van der Waals surface area contributed by atoms with Gasteiger partial charge >= 0.3 is 11.7 Å². The van der Waals surface area contributed by atoms with Gasteiger partial charge in [-0.25, -0.2) is 4.79 Å². The molecular formula is C5H5ClN2O3. The van der Waals surface area contributed by atoms with Crippen molar-refractivity contribution in [2.75, 3.05) is 0 Å². The van der Waals surface area contributed by atoms with E-state index in [1.54, 1.807) is 0 Å². The Kier molecular flexibility index (Phi) is 2.00. The number of carboxylic acids is 1. The second-order valence-electron chi connectivity index (χ2n) is 1.94. The summed E-state index contributed by atoms with van der Waals surface area (Å²) >= 11 is 5.44. The molecule has 1 rings (SSSR count). The maximum atomic E-state index is 10.5. The molecule has 3 N–H and O–H groups in total. The fourth-order valence-corrected chi connectivity index (χ4v) is 0.871. The molecule has 0 saturated heterocycles. The fraction of sp³-hybridized carbons (Fsp3) is 0.200. The van der Waals surface area contributed by atoms with Gasteiger partial charge < -0.3 is 10.1 Å². The normalized spacial score (nSPS) is 9.91. The summed E-state index contributed by atoms with van der Waals surface area (Å²) in [6, 6.07) is 0. The summed E-state index contributed by atoms with van der Waals surface area (Å²) in [7, 11) is 0. The van der Waals surface area contributed by atoms with E-state index >= 15 is 0 Å². The molecule has 6 heteroatoms. The van der Waals surface area contributed by atoms with E-state index in [9.17, 15) is 9.59 Å². The Balaban J connectivity index is 2.94. The number of H-pyrrole nitrogens is 2. The second kappa shape index (κ2) is 2.79. The number of aliphatic carboxylic acids is 1. The fourth-order valence-electron chi connectivity index (χ4n) is 0.671. The van der Waals surface area contributed by atoms with Crippen molar-refractivity contribution in [1.82, 2.24) is 9.97 Å². The van der Waals surface area contributed by atoms with Crippen molar-refractivity contribution < 1.29 is 9.90 Å². The highest BCUT2D eigenvalue weighted by Crippen LogP contribution is 2.07. The first-order chi connectivity index (χ1) is 5.09. The van der Waals surface area contributed by atoms with Crippen molar-refractivity contribution in [2.45, 2.75) is 6.42 Å². The lowest BCUT2D eigenvalue weighted by Crippen LogP contribution is -2.04. The molecule has 0 aromatic carbocycles. The molecule has 0 fully saturated rings. The highest BCUT2D eigenvalue weighted by atomic mass is 35.5. The molecule has 1 aromatic heterocycles. The summed E-state index contributed by atoms with van der Waals surface area (Å²) in [5.41, 5.74) is -0.296. The number of aromatic nitrogens is 2. The van der Waals surface area contributed by atoms with E-state index in [0.29, 0.717) is 0 Å².